The number of para-hydroxylation sites is 2. The summed E-state index contributed by atoms with van der Waals surface area (Å²) in [5.74, 6) is -0.877. The lowest BCUT2D eigenvalue weighted by molar-refractivity contribution is -0.118. The van der Waals surface area contributed by atoms with Crippen LogP contribution in [0.15, 0.2) is 54.6 Å². The summed E-state index contributed by atoms with van der Waals surface area (Å²) < 4.78 is 13.9. The van der Waals surface area contributed by atoms with Crippen LogP contribution in [-0.4, -0.2) is 24.9 Å². The molecule has 2 aromatic carbocycles. The van der Waals surface area contributed by atoms with Gasteiger partial charge < -0.3 is 9.80 Å². The Balaban J connectivity index is 2.10. The standard InChI is InChI=1S/C19H21FN2O2/c1-3-21(16-9-5-4-6-10-16)19(24)13-14-22(15(2)23)18-12-8-7-11-17(18)20/h4-12H,3,13-14H2,1-2H3. The van der Waals surface area contributed by atoms with Crippen molar-refractivity contribution in [2.45, 2.75) is 20.3 Å². The molecule has 4 nitrogen and oxygen atoms in total. The number of halogens is 1. The summed E-state index contributed by atoms with van der Waals surface area (Å²) in [6.07, 6.45) is 0.122. The lowest BCUT2D eigenvalue weighted by Crippen LogP contribution is -2.36. The predicted octanol–water partition coefficient (Wildman–Crippen LogP) is 3.62. The van der Waals surface area contributed by atoms with Crippen molar-refractivity contribution in [3.8, 4) is 0 Å². The minimum atomic E-state index is -0.476. The van der Waals surface area contributed by atoms with Gasteiger partial charge in [0.1, 0.15) is 5.82 Å². The normalized spacial score (nSPS) is 10.3. The van der Waals surface area contributed by atoms with Gasteiger partial charge in [0.25, 0.3) is 0 Å². The predicted molar refractivity (Wildman–Crippen MR) is 93.5 cm³/mol. The molecule has 0 radical (unpaired) electrons. The molecule has 0 N–H and O–H groups in total. The van der Waals surface area contributed by atoms with Crippen LogP contribution in [0.25, 0.3) is 0 Å². The van der Waals surface area contributed by atoms with Crippen molar-refractivity contribution in [2.75, 3.05) is 22.9 Å². The molecule has 0 aromatic heterocycles. The molecular formula is C19H21FN2O2. The van der Waals surface area contributed by atoms with E-state index in [0.29, 0.717) is 6.54 Å². The first-order valence-electron chi connectivity index (χ1n) is 7.92. The summed E-state index contributed by atoms with van der Waals surface area (Å²) in [6.45, 7) is 3.93. The molecule has 0 atom stereocenters. The van der Waals surface area contributed by atoms with E-state index in [4.69, 9.17) is 0 Å². The fraction of sp³-hybridized carbons (Fsp3) is 0.263. The molecule has 0 unspecified atom stereocenters. The van der Waals surface area contributed by atoms with E-state index in [1.54, 1.807) is 17.0 Å². The highest BCUT2D eigenvalue weighted by Crippen LogP contribution is 2.20. The van der Waals surface area contributed by atoms with Gasteiger partial charge in [-0.15, -0.1) is 0 Å². The Bertz CT molecular complexity index is 704. The Morgan fingerprint density at radius 2 is 1.58 bits per heavy atom. The molecule has 0 saturated heterocycles. The van der Waals surface area contributed by atoms with Crippen molar-refractivity contribution < 1.29 is 14.0 Å². The van der Waals surface area contributed by atoms with Gasteiger partial charge in [0.15, 0.2) is 0 Å². The second-order valence-electron chi connectivity index (χ2n) is 5.35. The summed E-state index contributed by atoms with van der Waals surface area (Å²) >= 11 is 0. The van der Waals surface area contributed by atoms with E-state index in [9.17, 15) is 14.0 Å². The Kier molecular flexibility index (Phi) is 6.07. The first-order valence-corrected chi connectivity index (χ1v) is 7.92. The zero-order chi connectivity index (χ0) is 17.5. The highest BCUT2D eigenvalue weighted by molar-refractivity contribution is 5.96. The third-order valence-electron chi connectivity index (χ3n) is 3.76. The van der Waals surface area contributed by atoms with Gasteiger partial charge in [-0.3, -0.25) is 9.59 Å². The number of carbonyl (C=O) groups is 2. The molecule has 0 heterocycles. The van der Waals surface area contributed by atoms with Crippen molar-refractivity contribution in [1.29, 1.82) is 0 Å². The lowest BCUT2D eigenvalue weighted by atomic mass is 10.2. The lowest BCUT2D eigenvalue weighted by Gasteiger charge is -2.25. The number of amides is 2. The van der Waals surface area contributed by atoms with Crippen LogP contribution in [0.3, 0.4) is 0 Å². The van der Waals surface area contributed by atoms with E-state index < -0.39 is 5.82 Å². The maximum absolute atomic E-state index is 13.9. The van der Waals surface area contributed by atoms with Crippen LogP contribution in [0.4, 0.5) is 15.8 Å². The van der Waals surface area contributed by atoms with E-state index in [1.807, 2.05) is 37.3 Å². The molecule has 0 fully saturated rings. The highest BCUT2D eigenvalue weighted by atomic mass is 19.1. The maximum Gasteiger partial charge on any atom is 0.228 e. The van der Waals surface area contributed by atoms with Crippen LogP contribution < -0.4 is 9.80 Å². The van der Waals surface area contributed by atoms with Gasteiger partial charge in [-0.1, -0.05) is 30.3 Å². The topological polar surface area (TPSA) is 40.6 Å². The van der Waals surface area contributed by atoms with Crippen LogP contribution in [-0.2, 0) is 9.59 Å². The molecule has 0 saturated carbocycles. The molecule has 2 amide bonds. The largest absolute Gasteiger partial charge is 0.313 e. The third-order valence-corrected chi connectivity index (χ3v) is 3.76. The Morgan fingerprint density at radius 1 is 0.958 bits per heavy atom. The summed E-state index contributed by atoms with van der Waals surface area (Å²) in [7, 11) is 0. The van der Waals surface area contributed by atoms with Crippen LogP contribution in [0.1, 0.15) is 20.3 Å². The fourth-order valence-electron chi connectivity index (χ4n) is 2.57. The van der Waals surface area contributed by atoms with E-state index in [0.717, 1.165) is 5.69 Å². The highest BCUT2D eigenvalue weighted by Gasteiger charge is 2.19. The van der Waals surface area contributed by atoms with Gasteiger partial charge in [-0.2, -0.15) is 0 Å². The quantitative estimate of drug-likeness (QED) is 0.812. The van der Waals surface area contributed by atoms with Gasteiger partial charge in [0, 0.05) is 32.1 Å². The summed E-state index contributed by atoms with van der Waals surface area (Å²) in [5.41, 5.74) is 1.01. The molecular weight excluding hydrogens is 307 g/mol. The molecule has 2 rings (SSSR count). The Hall–Kier alpha value is -2.69. The SMILES string of the molecule is CCN(C(=O)CCN(C(C)=O)c1ccccc1F)c1ccccc1. The van der Waals surface area contributed by atoms with E-state index >= 15 is 0 Å². The molecule has 0 spiro atoms. The number of rotatable bonds is 6. The van der Waals surface area contributed by atoms with Crippen molar-refractivity contribution in [3.63, 3.8) is 0 Å². The molecule has 0 aliphatic heterocycles. The minimum absolute atomic E-state index is 0.105. The average molecular weight is 328 g/mol. The number of carbonyl (C=O) groups excluding carboxylic acids is 2. The van der Waals surface area contributed by atoms with Gasteiger partial charge in [0.05, 0.1) is 5.69 Å². The van der Waals surface area contributed by atoms with Crippen LogP contribution >= 0.6 is 0 Å². The van der Waals surface area contributed by atoms with Gasteiger partial charge >= 0.3 is 0 Å². The number of nitrogens with zero attached hydrogens (tertiary/aromatic N) is 2. The van der Waals surface area contributed by atoms with Crippen LogP contribution in [0.2, 0.25) is 0 Å². The van der Waals surface area contributed by atoms with Crippen LogP contribution in [0, 0.1) is 5.82 Å². The summed E-state index contributed by atoms with van der Waals surface area (Å²) in [4.78, 5) is 27.3. The summed E-state index contributed by atoms with van der Waals surface area (Å²) in [5, 5.41) is 0. The molecule has 0 bridgehead atoms. The zero-order valence-electron chi connectivity index (χ0n) is 13.9. The third kappa shape index (κ3) is 4.19. The molecule has 2 aromatic rings. The summed E-state index contributed by atoms with van der Waals surface area (Å²) in [6, 6.07) is 15.4. The number of benzene rings is 2. The van der Waals surface area contributed by atoms with Gasteiger partial charge in [0.2, 0.25) is 11.8 Å². The maximum atomic E-state index is 13.9. The first-order chi connectivity index (χ1) is 11.5. The minimum Gasteiger partial charge on any atom is -0.313 e. The number of hydrogen-bond acceptors (Lipinski definition) is 2. The van der Waals surface area contributed by atoms with Gasteiger partial charge in [-0.25, -0.2) is 4.39 Å². The second-order valence-corrected chi connectivity index (χ2v) is 5.35. The zero-order valence-corrected chi connectivity index (χ0v) is 13.9. The molecule has 0 aliphatic carbocycles. The number of hydrogen-bond donors (Lipinski definition) is 0. The van der Waals surface area contributed by atoms with Gasteiger partial charge in [-0.05, 0) is 31.2 Å². The molecule has 0 aliphatic rings. The van der Waals surface area contributed by atoms with E-state index in [1.165, 1.54) is 24.0 Å². The molecule has 126 valence electrons. The monoisotopic (exact) mass is 328 g/mol. The average Bonchev–Trinajstić information content (AvgIpc) is 2.58. The van der Waals surface area contributed by atoms with E-state index in [-0.39, 0.29) is 30.5 Å². The van der Waals surface area contributed by atoms with Crippen molar-refractivity contribution in [3.05, 3.63) is 60.4 Å². The van der Waals surface area contributed by atoms with E-state index in [2.05, 4.69) is 0 Å². The molecule has 24 heavy (non-hydrogen) atoms. The number of anilines is 2. The Labute approximate surface area is 141 Å². The first kappa shape index (κ1) is 17.7. The van der Waals surface area contributed by atoms with Crippen molar-refractivity contribution in [1.82, 2.24) is 0 Å². The fourth-order valence-corrected chi connectivity index (χ4v) is 2.57. The molecule has 5 heteroatoms. The van der Waals surface area contributed by atoms with Crippen molar-refractivity contribution in [2.24, 2.45) is 0 Å². The van der Waals surface area contributed by atoms with Crippen molar-refractivity contribution >= 4 is 23.2 Å². The smallest absolute Gasteiger partial charge is 0.228 e. The Morgan fingerprint density at radius 3 is 2.17 bits per heavy atom. The van der Waals surface area contributed by atoms with Crippen LogP contribution in [0.5, 0.6) is 0 Å². The second kappa shape index (κ2) is 8.24.